The Morgan fingerprint density at radius 1 is 1.38 bits per heavy atom. The Labute approximate surface area is 176 Å². The molecule has 0 spiro atoms. The smallest absolute Gasteiger partial charge is 0.269 e. The maximum Gasteiger partial charge on any atom is 0.269 e. The minimum absolute atomic E-state index is 0.0927. The van der Waals surface area contributed by atoms with E-state index in [-0.39, 0.29) is 17.5 Å². The first-order chi connectivity index (χ1) is 13.8. The van der Waals surface area contributed by atoms with Gasteiger partial charge in [0.2, 0.25) is 0 Å². The predicted octanol–water partition coefficient (Wildman–Crippen LogP) is 4.09. The summed E-state index contributed by atoms with van der Waals surface area (Å²) in [4.78, 5) is 12.1. The van der Waals surface area contributed by atoms with Crippen LogP contribution in [0.15, 0.2) is 40.5 Å². The van der Waals surface area contributed by atoms with Crippen LogP contribution in [-0.2, 0) is 16.6 Å². The van der Waals surface area contributed by atoms with Crippen molar-refractivity contribution in [3.63, 3.8) is 0 Å². The molecule has 3 unspecified atom stereocenters. The van der Waals surface area contributed by atoms with E-state index in [9.17, 15) is 13.4 Å². The van der Waals surface area contributed by atoms with E-state index in [1.165, 1.54) is 0 Å². The number of hydrogen-bond donors (Lipinski definition) is 1. The maximum absolute atomic E-state index is 13.5. The van der Waals surface area contributed by atoms with Crippen LogP contribution in [0.4, 0.5) is 4.39 Å². The molecule has 0 aromatic carbocycles. The van der Waals surface area contributed by atoms with Gasteiger partial charge < -0.3 is 5.73 Å². The lowest BCUT2D eigenvalue weighted by Gasteiger charge is -2.26. The number of aromatic nitrogens is 2. The highest BCUT2D eigenvalue weighted by molar-refractivity contribution is 7.84. The number of fused-ring (bicyclic) bond motifs is 1. The number of rotatable bonds is 3. The zero-order valence-corrected chi connectivity index (χ0v) is 17.7. The van der Waals surface area contributed by atoms with E-state index in [0.29, 0.717) is 42.0 Å². The number of hydrogen-bond acceptors (Lipinski definition) is 3. The number of carbonyl (C=O) groups is 1. The Kier molecular flexibility index (Phi) is 5.62. The van der Waals surface area contributed by atoms with Gasteiger partial charge in [-0.2, -0.15) is 5.10 Å². The second-order valence-electron chi connectivity index (χ2n) is 7.76. The first-order valence-electron chi connectivity index (χ1n) is 9.67. The van der Waals surface area contributed by atoms with E-state index in [4.69, 9.17) is 17.3 Å². The highest BCUT2D eigenvalue weighted by Crippen LogP contribution is 2.38. The van der Waals surface area contributed by atoms with Crippen LogP contribution in [-0.4, -0.2) is 31.8 Å². The van der Waals surface area contributed by atoms with Crippen molar-refractivity contribution in [1.29, 1.82) is 0 Å². The molecular formula is C21H23ClFN3O2S. The number of alkyl halides is 1. The fraction of sp³-hybridized carbons (Fsp3) is 0.429. The van der Waals surface area contributed by atoms with Crippen molar-refractivity contribution in [2.45, 2.75) is 50.6 Å². The molecule has 0 fully saturated rings. The van der Waals surface area contributed by atoms with E-state index in [0.717, 1.165) is 22.4 Å². The Morgan fingerprint density at radius 2 is 2.17 bits per heavy atom. The average Bonchev–Trinajstić information content (AvgIpc) is 3.03. The number of allylic oxidation sites excluding steroid dienone is 7. The fourth-order valence-electron chi connectivity index (χ4n) is 4.19. The van der Waals surface area contributed by atoms with Crippen molar-refractivity contribution in [3.8, 4) is 0 Å². The molecule has 29 heavy (non-hydrogen) atoms. The van der Waals surface area contributed by atoms with Gasteiger partial charge in [0, 0.05) is 21.4 Å². The molecule has 0 bridgehead atoms. The highest BCUT2D eigenvalue weighted by Gasteiger charge is 2.33. The van der Waals surface area contributed by atoms with Gasteiger partial charge in [0.05, 0.1) is 23.2 Å². The summed E-state index contributed by atoms with van der Waals surface area (Å²) in [7, 11) is -1.15. The molecule has 3 aliphatic rings. The van der Waals surface area contributed by atoms with E-state index in [2.05, 4.69) is 5.10 Å². The van der Waals surface area contributed by atoms with Gasteiger partial charge in [-0.15, -0.1) is 0 Å². The van der Waals surface area contributed by atoms with Crippen LogP contribution in [0.25, 0.3) is 5.57 Å². The lowest BCUT2D eigenvalue weighted by molar-refractivity contribution is 0.0994. The topological polar surface area (TPSA) is 78.0 Å². The number of primary amides is 1. The van der Waals surface area contributed by atoms with Gasteiger partial charge in [-0.1, -0.05) is 35.4 Å². The largest absolute Gasteiger partial charge is 0.364 e. The fourth-order valence-corrected chi connectivity index (χ4v) is 5.71. The van der Waals surface area contributed by atoms with Crippen molar-refractivity contribution >= 4 is 33.9 Å². The summed E-state index contributed by atoms with van der Waals surface area (Å²) in [5, 5.41) is 5.23. The van der Waals surface area contributed by atoms with Crippen molar-refractivity contribution in [2.75, 3.05) is 5.75 Å². The molecule has 1 amide bonds. The molecule has 2 heterocycles. The molecule has 154 valence electrons. The molecule has 1 aliphatic heterocycles. The first kappa shape index (κ1) is 20.3. The SMILES string of the molecule is CC1=CC(Cl)=CCC1n1nc(C(N)=O)c2c1/C(=C/C1=CCC(F)CC1)CS(=O)C2. The number of amides is 1. The van der Waals surface area contributed by atoms with E-state index in [1.807, 2.05) is 35.9 Å². The van der Waals surface area contributed by atoms with Gasteiger partial charge in [-0.25, -0.2) is 4.39 Å². The first-order valence-corrected chi connectivity index (χ1v) is 11.5. The summed E-state index contributed by atoms with van der Waals surface area (Å²) in [6.07, 6.45) is 9.10. The number of carbonyl (C=O) groups excluding carboxylic acids is 1. The third kappa shape index (κ3) is 4.03. The molecule has 0 saturated carbocycles. The van der Waals surface area contributed by atoms with Crippen LogP contribution in [0.1, 0.15) is 60.4 Å². The molecule has 5 nitrogen and oxygen atoms in total. The zero-order valence-electron chi connectivity index (χ0n) is 16.2. The molecule has 0 saturated heterocycles. The van der Waals surface area contributed by atoms with Gasteiger partial charge in [-0.05, 0) is 49.8 Å². The van der Waals surface area contributed by atoms with Crippen molar-refractivity contribution in [3.05, 3.63) is 57.4 Å². The van der Waals surface area contributed by atoms with Crippen LogP contribution in [0.3, 0.4) is 0 Å². The van der Waals surface area contributed by atoms with Crippen LogP contribution < -0.4 is 5.73 Å². The molecule has 1 aromatic heterocycles. The van der Waals surface area contributed by atoms with Gasteiger partial charge in [0.1, 0.15) is 6.17 Å². The van der Waals surface area contributed by atoms with Crippen LogP contribution >= 0.6 is 11.6 Å². The Balaban J connectivity index is 1.85. The number of nitrogens with zero attached hydrogens (tertiary/aromatic N) is 2. The second kappa shape index (κ2) is 8.03. The Morgan fingerprint density at radius 3 is 2.83 bits per heavy atom. The highest BCUT2D eigenvalue weighted by atomic mass is 35.5. The molecule has 8 heteroatoms. The molecule has 0 radical (unpaired) electrons. The normalized spacial score (nSPS) is 28.4. The maximum atomic E-state index is 13.5. The van der Waals surface area contributed by atoms with Gasteiger partial charge in [0.15, 0.2) is 5.69 Å². The minimum Gasteiger partial charge on any atom is -0.364 e. The van der Waals surface area contributed by atoms with Gasteiger partial charge >= 0.3 is 0 Å². The summed E-state index contributed by atoms with van der Waals surface area (Å²) < 4.78 is 27.9. The Bertz CT molecular complexity index is 1020. The zero-order chi connectivity index (χ0) is 20.7. The minimum atomic E-state index is -1.15. The number of halogens is 2. The van der Waals surface area contributed by atoms with Crippen LogP contribution in [0, 0.1) is 0 Å². The molecule has 4 rings (SSSR count). The summed E-state index contributed by atoms with van der Waals surface area (Å²) in [5.41, 5.74) is 10.1. The summed E-state index contributed by atoms with van der Waals surface area (Å²) in [6.45, 7) is 1.98. The molecule has 2 aliphatic carbocycles. The van der Waals surface area contributed by atoms with Gasteiger partial charge in [0.25, 0.3) is 5.91 Å². The molecule has 1 aromatic rings. The standard InChI is InChI=1S/C21H23ClFN3O2S/c1-12-8-15(22)4-7-18(12)26-20-14(9-13-2-5-16(23)6-3-13)10-29(28)11-17(20)19(25-26)21(24)27/h2,4,8-9,16,18H,3,5-7,10-11H2,1H3,(H2,24,27)/b14-9+. The third-order valence-corrected chi connectivity index (χ3v) is 7.14. The van der Waals surface area contributed by atoms with Gasteiger partial charge in [-0.3, -0.25) is 13.7 Å². The van der Waals surface area contributed by atoms with Crippen LogP contribution in [0.5, 0.6) is 0 Å². The molecule has 3 atom stereocenters. The van der Waals surface area contributed by atoms with E-state index >= 15 is 0 Å². The van der Waals surface area contributed by atoms with Crippen molar-refractivity contribution in [1.82, 2.24) is 9.78 Å². The molecule has 2 N–H and O–H groups in total. The van der Waals surface area contributed by atoms with E-state index in [1.54, 1.807) is 0 Å². The van der Waals surface area contributed by atoms with Crippen molar-refractivity contribution in [2.24, 2.45) is 5.73 Å². The van der Waals surface area contributed by atoms with Crippen LogP contribution in [0.2, 0.25) is 0 Å². The third-order valence-electron chi connectivity index (χ3n) is 5.63. The Hall–Kier alpha value is -1.99. The summed E-state index contributed by atoms with van der Waals surface area (Å²) in [6, 6.07) is -0.0927. The monoisotopic (exact) mass is 435 g/mol. The van der Waals surface area contributed by atoms with Crippen molar-refractivity contribution < 1.29 is 13.4 Å². The second-order valence-corrected chi connectivity index (χ2v) is 9.66. The quantitative estimate of drug-likeness (QED) is 0.776. The lowest BCUT2D eigenvalue weighted by atomic mass is 9.94. The summed E-state index contributed by atoms with van der Waals surface area (Å²) >= 11 is 6.14. The number of nitrogens with two attached hydrogens (primary N) is 1. The summed E-state index contributed by atoms with van der Waals surface area (Å²) in [5.74, 6) is 0.00329. The predicted molar refractivity (Wildman–Crippen MR) is 114 cm³/mol. The average molecular weight is 436 g/mol. The molecular weight excluding hydrogens is 413 g/mol. The van der Waals surface area contributed by atoms with E-state index < -0.39 is 22.9 Å². The lowest BCUT2D eigenvalue weighted by Crippen LogP contribution is -2.21.